The van der Waals surface area contributed by atoms with E-state index in [-0.39, 0.29) is 11.4 Å². The Kier molecular flexibility index (Phi) is 5.73. The maximum absolute atomic E-state index is 11.9. The smallest absolute Gasteiger partial charge is 0.336 e. The van der Waals surface area contributed by atoms with Crippen LogP contribution in [0, 0.1) is 17.0 Å². The first-order valence-corrected chi connectivity index (χ1v) is 7.31. The van der Waals surface area contributed by atoms with Gasteiger partial charge in [-0.2, -0.15) is 0 Å². The molecule has 2 rings (SSSR count). The molecule has 0 unspecified atom stereocenters. The van der Waals surface area contributed by atoms with Crippen LogP contribution in [0.4, 0.5) is 5.69 Å². The number of esters is 1. The van der Waals surface area contributed by atoms with Crippen molar-refractivity contribution in [1.29, 1.82) is 0 Å². The van der Waals surface area contributed by atoms with Gasteiger partial charge in [0.1, 0.15) is 17.2 Å². The lowest BCUT2D eigenvalue weighted by atomic mass is 10.2. The molecule has 0 spiro atoms. The van der Waals surface area contributed by atoms with Crippen molar-refractivity contribution in [2.45, 2.75) is 6.92 Å². The normalized spacial score (nSPS) is 10.5. The largest absolute Gasteiger partial charge is 0.497 e. The third-order valence-corrected chi connectivity index (χ3v) is 3.37. The Bertz CT molecular complexity index is 806. The fraction of sp³-hybridized carbons (Fsp3) is 0.167. The third-order valence-electron chi connectivity index (χ3n) is 3.37. The van der Waals surface area contributed by atoms with Crippen molar-refractivity contribution in [2.24, 2.45) is 0 Å². The number of aryl methyl sites for hydroxylation is 1. The minimum atomic E-state index is -0.602. The average Bonchev–Trinajstić information content (AvgIpc) is 2.59. The summed E-state index contributed by atoms with van der Waals surface area (Å²) in [5.74, 6) is 0.827. The van der Waals surface area contributed by atoms with Crippen molar-refractivity contribution in [1.82, 2.24) is 0 Å². The van der Waals surface area contributed by atoms with Gasteiger partial charge in [0.15, 0.2) is 0 Å². The predicted molar refractivity (Wildman–Crippen MR) is 92.0 cm³/mol. The molecule has 7 heteroatoms. The van der Waals surface area contributed by atoms with Gasteiger partial charge in [-0.05, 0) is 42.8 Å². The molecule has 0 aliphatic rings. The molecule has 0 fully saturated rings. The number of nitro groups is 1. The summed E-state index contributed by atoms with van der Waals surface area (Å²) in [5.41, 5.74) is 1.09. The molecule has 0 amide bonds. The van der Waals surface area contributed by atoms with E-state index in [1.165, 1.54) is 38.5 Å². The second-order valence-electron chi connectivity index (χ2n) is 5.11. The first-order chi connectivity index (χ1) is 11.9. The summed E-state index contributed by atoms with van der Waals surface area (Å²) in [6.45, 7) is 1.58. The van der Waals surface area contributed by atoms with Crippen LogP contribution in [0.1, 0.15) is 11.1 Å². The highest BCUT2D eigenvalue weighted by atomic mass is 16.6. The minimum absolute atomic E-state index is 0.0289. The summed E-state index contributed by atoms with van der Waals surface area (Å²) in [6, 6.07) is 9.32. The van der Waals surface area contributed by atoms with E-state index in [4.69, 9.17) is 14.2 Å². The van der Waals surface area contributed by atoms with Crippen LogP contribution < -0.4 is 14.2 Å². The fourth-order valence-corrected chi connectivity index (χ4v) is 2.14. The van der Waals surface area contributed by atoms with Crippen molar-refractivity contribution in [2.75, 3.05) is 14.2 Å². The van der Waals surface area contributed by atoms with Gasteiger partial charge in [-0.3, -0.25) is 10.1 Å². The number of hydrogen-bond acceptors (Lipinski definition) is 6. The van der Waals surface area contributed by atoms with Gasteiger partial charge in [0.05, 0.1) is 19.1 Å². The predicted octanol–water partition coefficient (Wildman–Crippen LogP) is 3.54. The third kappa shape index (κ3) is 4.81. The molecule has 0 aromatic heterocycles. The van der Waals surface area contributed by atoms with Crippen LogP contribution in [0.2, 0.25) is 0 Å². The molecular weight excluding hydrogens is 326 g/mol. The van der Waals surface area contributed by atoms with E-state index in [1.807, 2.05) is 0 Å². The minimum Gasteiger partial charge on any atom is -0.497 e. The summed E-state index contributed by atoms with van der Waals surface area (Å²) >= 11 is 0. The molecule has 0 saturated heterocycles. The monoisotopic (exact) mass is 343 g/mol. The van der Waals surface area contributed by atoms with E-state index in [2.05, 4.69) is 0 Å². The lowest BCUT2D eigenvalue weighted by molar-refractivity contribution is -0.385. The number of carbonyl (C=O) groups is 1. The zero-order valence-corrected chi connectivity index (χ0v) is 14.0. The number of ether oxygens (including phenoxy) is 3. The molecule has 0 aliphatic carbocycles. The fourth-order valence-electron chi connectivity index (χ4n) is 2.14. The molecule has 0 aliphatic heterocycles. The quantitative estimate of drug-likeness (QED) is 0.262. The number of nitro benzene ring substituents is 1. The second kappa shape index (κ2) is 7.96. The van der Waals surface area contributed by atoms with Crippen molar-refractivity contribution in [3.8, 4) is 17.2 Å². The molecule has 0 radical (unpaired) electrons. The van der Waals surface area contributed by atoms with E-state index in [0.29, 0.717) is 22.6 Å². The number of rotatable bonds is 6. The first-order valence-electron chi connectivity index (χ1n) is 7.31. The Labute approximate surface area is 144 Å². The summed E-state index contributed by atoms with van der Waals surface area (Å²) in [7, 11) is 3.07. The molecule has 7 nitrogen and oxygen atoms in total. The van der Waals surface area contributed by atoms with Crippen LogP contribution in [0.25, 0.3) is 6.08 Å². The Hall–Kier alpha value is -3.35. The van der Waals surface area contributed by atoms with Crippen LogP contribution in [0.3, 0.4) is 0 Å². The van der Waals surface area contributed by atoms with E-state index < -0.39 is 10.9 Å². The van der Waals surface area contributed by atoms with Crippen LogP contribution in [0.5, 0.6) is 17.2 Å². The molecule has 0 bridgehead atoms. The molecule has 0 atom stereocenters. The number of hydrogen-bond donors (Lipinski definition) is 0. The highest BCUT2D eigenvalue weighted by Gasteiger charge is 2.11. The first kappa shape index (κ1) is 18.0. The van der Waals surface area contributed by atoms with Gasteiger partial charge >= 0.3 is 5.97 Å². The molecule has 0 N–H and O–H groups in total. The summed E-state index contributed by atoms with van der Waals surface area (Å²) in [4.78, 5) is 22.2. The summed E-state index contributed by atoms with van der Waals surface area (Å²) < 4.78 is 15.5. The Balaban J connectivity index is 2.11. The lowest BCUT2D eigenvalue weighted by Gasteiger charge is -2.06. The Morgan fingerprint density at radius 1 is 1.04 bits per heavy atom. The second-order valence-corrected chi connectivity index (χ2v) is 5.11. The van der Waals surface area contributed by atoms with Crippen LogP contribution in [-0.2, 0) is 4.79 Å². The molecule has 0 saturated carbocycles. The molecule has 2 aromatic rings. The molecule has 130 valence electrons. The molecule has 2 aromatic carbocycles. The summed E-state index contributed by atoms with van der Waals surface area (Å²) in [5, 5.41) is 10.8. The van der Waals surface area contributed by atoms with E-state index in [9.17, 15) is 14.9 Å². The number of benzene rings is 2. The molecular formula is C18H17NO6. The van der Waals surface area contributed by atoms with E-state index in [1.54, 1.807) is 31.2 Å². The van der Waals surface area contributed by atoms with Gasteiger partial charge in [0.2, 0.25) is 0 Å². The van der Waals surface area contributed by atoms with Crippen molar-refractivity contribution >= 4 is 17.7 Å². The summed E-state index contributed by atoms with van der Waals surface area (Å²) in [6.07, 6.45) is 2.82. The standard InChI is InChI=1S/C18H17NO6/c1-12-8-14(5-6-17(12)19(21)22)25-18(20)7-4-13-9-15(23-2)11-16(10-13)24-3/h4-11H,1-3H3/b7-4+. The van der Waals surface area contributed by atoms with Crippen LogP contribution in [-0.4, -0.2) is 25.1 Å². The van der Waals surface area contributed by atoms with Crippen molar-refractivity contribution in [3.05, 3.63) is 63.7 Å². The van der Waals surface area contributed by atoms with Gasteiger partial charge in [-0.25, -0.2) is 4.79 Å². The van der Waals surface area contributed by atoms with Gasteiger partial charge in [0.25, 0.3) is 5.69 Å². The maximum Gasteiger partial charge on any atom is 0.336 e. The van der Waals surface area contributed by atoms with Gasteiger partial charge < -0.3 is 14.2 Å². The van der Waals surface area contributed by atoms with E-state index in [0.717, 1.165) is 0 Å². The van der Waals surface area contributed by atoms with Crippen LogP contribution >= 0.6 is 0 Å². The lowest BCUT2D eigenvalue weighted by Crippen LogP contribution is -2.04. The zero-order chi connectivity index (χ0) is 18.4. The van der Waals surface area contributed by atoms with Crippen LogP contribution in [0.15, 0.2) is 42.5 Å². The highest BCUT2D eigenvalue weighted by molar-refractivity contribution is 5.88. The zero-order valence-electron chi connectivity index (χ0n) is 14.0. The van der Waals surface area contributed by atoms with E-state index >= 15 is 0 Å². The average molecular weight is 343 g/mol. The Morgan fingerprint density at radius 3 is 2.20 bits per heavy atom. The SMILES string of the molecule is COc1cc(/C=C/C(=O)Oc2ccc([N+](=O)[O-])c(C)c2)cc(OC)c1. The topological polar surface area (TPSA) is 87.9 Å². The van der Waals surface area contributed by atoms with Gasteiger partial charge in [-0.15, -0.1) is 0 Å². The maximum atomic E-state index is 11.9. The number of methoxy groups -OCH3 is 2. The number of carbonyl (C=O) groups excluding carboxylic acids is 1. The van der Waals surface area contributed by atoms with Crippen molar-refractivity contribution < 1.29 is 23.9 Å². The molecule has 25 heavy (non-hydrogen) atoms. The number of nitrogens with zero attached hydrogens (tertiary/aromatic N) is 1. The highest BCUT2D eigenvalue weighted by Crippen LogP contribution is 2.24. The van der Waals surface area contributed by atoms with Crippen molar-refractivity contribution in [3.63, 3.8) is 0 Å². The Morgan fingerprint density at radius 2 is 1.68 bits per heavy atom. The van der Waals surface area contributed by atoms with Gasteiger partial charge in [-0.1, -0.05) is 0 Å². The van der Waals surface area contributed by atoms with Gasteiger partial charge in [0, 0.05) is 23.8 Å². The molecule has 0 heterocycles.